The molecule has 4 aromatic rings. The lowest BCUT2D eigenvalue weighted by atomic mass is 10.0. The monoisotopic (exact) mass is 430 g/mol. The number of carbonyl (C=O) groups is 3. The van der Waals surface area contributed by atoms with Crippen LogP contribution in [0.3, 0.4) is 0 Å². The fourth-order valence-corrected chi connectivity index (χ4v) is 3.67. The number of benzene rings is 2. The highest BCUT2D eigenvalue weighted by molar-refractivity contribution is 6.04. The second-order valence-electron chi connectivity index (χ2n) is 7.46. The van der Waals surface area contributed by atoms with Gasteiger partial charge in [-0.05, 0) is 23.8 Å². The number of H-pyrrole nitrogens is 2. The van der Waals surface area contributed by atoms with Crippen LogP contribution in [0.1, 0.15) is 18.1 Å². The highest BCUT2D eigenvalue weighted by Crippen LogP contribution is 2.21. The van der Waals surface area contributed by atoms with Crippen LogP contribution < -0.4 is 10.6 Å². The number of aliphatic carboxylic acids is 1. The molecule has 5 N–H and O–H groups in total. The minimum atomic E-state index is -1.18. The lowest BCUT2D eigenvalue weighted by molar-refractivity contribution is -0.141. The molecule has 0 radical (unpaired) electrons. The molecule has 2 amide bonds. The van der Waals surface area contributed by atoms with Crippen LogP contribution in [0.5, 0.6) is 0 Å². The molecule has 8 heteroatoms. The largest absolute Gasteiger partial charge is 0.480 e. The van der Waals surface area contributed by atoms with E-state index in [0.29, 0.717) is 5.56 Å². The molecule has 0 fully saturated rings. The van der Waals surface area contributed by atoms with Crippen molar-refractivity contribution in [3.05, 3.63) is 77.7 Å². The molecule has 2 aromatic carbocycles. The van der Waals surface area contributed by atoms with Gasteiger partial charge < -0.3 is 25.7 Å². The zero-order valence-corrected chi connectivity index (χ0v) is 17.3. The highest BCUT2D eigenvalue weighted by atomic mass is 16.4. The number of fused-ring (bicyclic) bond motifs is 2. The quantitative estimate of drug-likeness (QED) is 0.289. The zero-order valence-electron chi connectivity index (χ0n) is 17.3. The van der Waals surface area contributed by atoms with Crippen molar-refractivity contribution in [2.75, 3.05) is 0 Å². The smallest absolute Gasteiger partial charge is 0.326 e. The van der Waals surface area contributed by atoms with E-state index in [4.69, 9.17) is 0 Å². The van der Waals surface area contributed by atoms with E-state index in [2.05, 4.69) is 20.6 Å². The predicted molar refractivity (Wildman–Crippen MR) is 122 cm³/mol. The van der Waals surface area contributed by atoms with Crippen LogP contribution in [0, 0.1) is 0 Å². The Balaban J connectivity index is 1.61. The fourth-order valence-electron chi connectivity index (χ4n) is 3.67. The SMILES string of the molecule is CC(=O)N/C(=C\c1c[nH]c2ccccc12)C(=O)N[C@H](Cc1c[nH]c2ccccc12)C(=O)O. The lowest BCUT2D eigenvalue weighted by Gasteiger charge is -2.16. The van der Waals surface area contributed by atoms with Gasteiger partial charge in [-0.15, -0.1) is 0 Å². The molecule has 0 aliphatic heterocycles. The number of aromatic nitrogens is 2. The minimum absolute atomic E-state index is 0.0348. The molecular formula is C24H22N4O4. The molecule has 0 aliphatic rings. The third kappa shape index (κ3) is 4.39. The predicted octanol–water partition coefficient (Wildman–Crippen LogP) is 2.94. The van der Waals surface area contributed by atoms with Gasteiger partial charge in [0.25, 0.3) is 5.91 Å². The minimum Gasteiger partial charge on any atom is -0.480 e. The van der Waals surface area contributed by atoms with Crippen molar-refractivity contribution in [2.24, 2.45) is 0 Å². The molecule has 2 heterocycles. The maximum absolute atomic E-state index is 13.0. The van der Waals surface area contributed by atoms with Crippen molar-refractivity contribution < 1.29 is 19.5 Å². The van der Waals surface area contributed by atoms with Gasteiger partial charge in [0.15, 0.2) is 0 Å². The van der Waals surface area contributed by atoms with Crippen LogP contribution >= 0.6 is 0 Å². The molecule has 162 valence electrons. The van der Waals surface area contributed by atoms with Gasteiger partial charge in [-0.1, -0.05) is 36.4 Å². The summed E-state index contributed by atoms with van der Waals surface area (Å²) in [6, 6.07) is 13.9. The van der Waals surface area contributed by atoms with Gasteiger partial charge in [0, 0.05) is 53.1 Å². The van der Waals surface area contributed by atoms with Crippen molar-refractivity contribution >= 4 is 45.7 Å². The number of aromatic amines is 2. The number of carboxylic acids is 1. The van der Waals surface area contributed by atoms with Crippen LogP contribution in [0.25, 0.3) is 27.9 Å². The molecule has 0 saturated heterocycles. The first kappa shape index (κ1) is 20.9. The Labute approximate surface area is 183 Å². The summed E-state index contributed by atoms with van der Waals surface area (Å²) in [7, 11) is 0. The number of hydrogen-bond donors (Lipinski definition) is 5. The normalized spacial score (nSPS) is 12.6. The van der Waals surface area contributed by atoms with E-state index in [-0.39, 0.29) is 12.1 Å². The molecule has 0 aliphatic carbocycles. The maximum Gasteiger partial charge on any atom is 0.326 e. The third-order valence-electron chi connectivity index (χ3n) is 5.18. The Morgan fingerprint density at radius 3 is 2.28 bits per heavy atom. The van der Waals surface area contributed by atoms with Crippen LogP contribution in [-0.4, -0.2) is 38.9 Å². The average molecular weight is 430 g/mol. The summed E-state index contributed by atoms with van der Waals surface area (Å²) in [6.45, 7) is 1.29. The third-order valence-corrected chi connectivity index (χ3v) is 5.18. The summed E-state index contributed by atoms with van der Waals surface area (Å²) in [5, 5.41) is 16.5. The molecule has 0 unspecified atom stereocenters. The van der Waals surface area contributed by atoms with E-state index in [1.54, 1.807) is 12.4 Å². The van der Waals surface area contributed by atoms with E-state index < -0.39 is 23.8 Å². The second-order valence-corrected chi connectivity index (χ2v) is 7.46. The molecule has 32 heavy (non-hydrogen) atoms. The zero-order chi connectivity index (χ0) is 22.7. The Hall–Kier alpha value is -4.33. The van der Waals surface area contributed by atoms with Gasteiger partial charge in [0.2, 0.25) is 5.91 Å². The first-order chi connectivity index (χ1) is 15.4. The summed E-state index contributed by atoms with van der Waals surface area (Å²) in [5.74, 6) is -2.29. The molecular weight excluding hydrogens is 408 g/mol. The van der Waals surface area contributed by atoms with Crippen LogP contribution in [-0.2, 0) is 20.8 Å². The standard InChI is InChI=1S/C24H22N4O4/c1-14(29)27-21(10-15-12-25-19-8-4-2-6-17(15)19)23(30)28-22(24(31)32)11-16-13-26-20-9-5-3-7-18(16)20/h2-10,12-13,22,25-26H,11H2,1H3,(H,27,29)(H,28,30)(H,31,32)/b21-10-/t22-/m1/s1. The molecule has 0 spiro atoms. The number of amides is 2. The van der Waals surface area contributed by atoms with Gasteiger partial charge in [-0.25, -0.2) is 4.79 Å². The summed E-state index contributed by atoms with van der Waals surface area (Å²) < 4.78 is 0. The molecule has 4 rings (SSSR count). The molecule has 0 bridgehead atoms. The Bertz CT molecular complexity index is 1350. The van der Waals surface area contributed by atoms with Crippen molar-refractivity contribution in [1.29, 1.82) is 0 Å². The maximum atomic E-state index is 13.0. The number of para-hydroxylation sites is 2. The number of rotatable bonds is 7. The average Bonchev–Trinajstić information content (AvgIpc) is 3.37. The van der Waals surface area contributed by atoms with Crippen LogP contribution in [0.4, 0.5) is 0 Å². The van der Waals surface area contributed by atoms with Crippen molar-refractivity contribution in [1.82, 2.24) is 20.6 Å². The van der Waals surface area contributed by atoms with Crippen molar-refractivity contribution in [3.63, 3.8) is 0 Å². The first-order valence-electron chi connectivity index (χ1n) is 10.1. The van der Waals surface area contributed by atoms with Crippen molar-refractivity contribution in [3.8, 4) is 0 Å². The van der Waals surface area contributed by atoms with Gasteiger partial charge in [-0.2, -0.15) is 0 Å². The van der Waals surface area contributed by atoms with Crippen LogP contribution in [0.15, 0.2) is 66.6 Å². The van der Waals surface area contributed by atoms with Gasteiger partial charge >= 0.3 is 5.97 Å². The molecule has 2 aromatic heterocycles. The first-order valence-corrected chi connectivity index (χ1v) is 10.1. The van der Waals surface area contributed by atoms with Crippen LogP contribution in [0.2, 0.25) is 0 Å². The van der Waals surface area contributed by atoms with Gasteiger partial charge in [0.1, 0.15) is 11.7 Å². The van der Waals surface area contributed by atoms with E-state index >= 15 is 0 Å². The molecule has 8 nitrogen and oxygen atoms in total. The highest BCUT2D eigenvalue weighted by Gasteiger charge is 2.24. The summed E-state index contributed by atoms with van der Waals surface area (Å²) in [6.07, 6.45) is 5.08. The number of carbonyl (C=O) groups excluding carboxylic acids is 2. The van der Waals surface area contributed by atoms with Gasteiger partial charge in [0.05, 0.1) is 0 Å². The van der Waals surface area contributed by atoms with Gasteiger partial charge in [-0.3, -0.25) is 9.59 Å². The van der Waals surface area contributed by atoms with Crippen molar-refractivity contribution in [2.45, 2.75) is 19.4 Å². The topological polar surface area (TPSA) is 127 Å². The number of carboxylic acid groups (broad SMARTS) is 1. The number of nitrogens with one attached hydrogen (secondary N) is 4. The number of hydrogen-bond acceptors (Lipinski definition) is 3. The fraction of sp³-hybridized carbons (Fsp3) is 0.125. The Morgan fingerprint density at radius 1 is 0.969 bits per heavy atom. The van der Waals surface area contributed by atoms with E-state index in [1.807, 2.05) is 48.5 Å². The summed E-state index contributed by atoms with van der Waals surface area (Å²) in [4.78, 5) is 42.8. The lowest BCUT2D eigenvalue weighted by Crippen LogP contribution is -2.45. The van der Waals surface area contributed by atoms with E-state index in [9.17, 15) is 19.5 Å². The summed E-state index contributed by atoms with van der Waals surface area (Å²) >= 11 is 0. The molecule has 1 atom stereocenters. The van der Waals surface area contributed by atoms with E-state index in [0.717, 1.165) is 27.4 Å². The summed E-state index contributed by atoms with van der Waals surface area (Å²) in [5.41, 5.74) is 3.20. The van der Waals surface area contributed by atoms with E-state index in [1.165, 1.54) is 13.0 Å². The second kappa shape index (κ2) is 8.81. The Kier molecular flexibility index (Phi) is 5.76. The Morgan fingerprint density at radius 2 is 1.59 bits per heavy atom. The molecule has 0 saturated carbocycles.